The molecule has 0 saturated heterocycles. The second kappa shape index (κ2) is 9.45. The number of imidazole rings is 1. The average Bonchev–Trinajstić information content (AvgIpc) is 3.51. The molecule has 198 valence electrons. The molecule has 0 bridgehead atoms. The van der Waals surface area contributed by atoms with Crippen LogP contribution in [0.1, 0.15) is 70.9 Å². The lowest BCUT2D eigenvalue weighted by Gasteiger charge is -2.29. The predicted octanol–water partition coefficient (Wildman–Crippen LogP) is 5.59. The zero-order valence-corrected chi connectivity index (χ0v) is 22.2. The van der Waals surface area contributed by atoms with Gasteiger partial charge in [0.05, 0.1) is 29.1 Å². The molecule has 3 aromatic heterocycles. The van der Waals surface area contributed by atoms with Crippen molar-refractivity contribution in [1.29, 1.82) is 0 Å². The molecule has 1 N–H and O–H groups in total. The minimum atomic E-state index is -0.541. The first-order valence-corrected chi connectivity index (χ1v) is 13.5. The van der Waals surface area contributed by atoms with Crippen LogP contribution >= 0.6 is 0 Å². The van der Waals surface area contributed by atoms with Crippen LogP contribution in [0.5, 0.6) is 0 Å². The van der Waals surface area contributed by atoms with Gasteiger partial charge >= 0.3 is 6.09 Å². The van der Waals surface area contributed by atoms with E-state index < -0.39 is 5.60 Å². The van der Waals surface area contributed by atoms with Crippen molar-refractivity contribution in [2.75, 3.05) is 13.1 Å². The minimum Gasteiger partial charge on any atom is -0.444 e. The van der Waals surface area contributed by atoms with Crippen molar-refractivity contribution >= 4 is 33.7 Å². The largest absolute Gasteiger partial charge is 0.444 e. The lowest BCUT2D eigenvalue weighted by molar-refractivity contribution is 0.0270. The summed E-state index contributed by atoms with van der Waals surface area (Å²) < 4.78 is 9.82. The SMILES string of the molecule is CC(C)(C)OC(=O)N1CC=C(c2cn(-c3ccc4c(c3)ncn4C3CCCCC3)c3nc[nH]c(=O)c23)CC1. The molecule has 38 heavy (non-hydrogen) atoms. The maximum Gasteiger partial charge on any atom is 0.410 e. The second-order valence-electron chi connectivity index (χ2n) is 11.4. The molecule has 4 aromatic rings. The summed E-state index contributed by atoms with van der Waals surface area (Å²) in [6.45, 7) is 6.54. The van der Waals surface area contributed by atoms with E-state index in [1.807, 2.05) is 43.9 Å². The molecule has 9 nitrogen and oxygen atoms in total. The highest BCUT2D eigenvalue weighted by molar-refractivity contribution is 5.92. The number of nitrogens with zero attached hydrogens (tertiary/aromatic N) is 5. The fourth-order valence-electron chi connectivity index (χ4n) is 5.74. The number of benzene rings is 1. The van der Waals surface area contributed by atoms with Gasteiger partial charge in [-0.1, -0.05) is 25.3 Å². The number of aromatic nitrogens is 5. The summed E-state index contributed by atoms with van der Waals surface area (Å²) in [6, 6.07) is 6.79. The van der Waals surface area contributed by atoms with Crippen LogP contribution in [0.3, 0.4) is 0 Å². The van der Waals surface area contributed by atoms with E-state index in [9.17, 15) is 9.59 Å². The summed E-state index contributed by atoms with van der Waals surface area (Å²) in [4.78, 5) is 39.2. The van der Waals surface area contributed by atoms with E-state index in [0.29, 0.717) is 36.6 Å². The molecule has 4 heterocycles. The van der Waals surface area contributed by atoms with Crippen LogP contribution in [0.25, 0.3) is 33.3 Å². The van der Waals surface area contributed by atoms with E-state index in [4.69, 9.17) is 9.72 Å². The zero-order chi connectivity index (χ0) is 26.4. The number of hydrogen-bond acceptors (Lipinski definition) is 5. The number of rotatable bonds is 3. The third kappa shape index (κ3) is 4.50. The van der Waals surface area contributed by atoms with Gasteiger partial charge in [0.25, 0.3) is 5.56 Å². The molecule has 6 rings (SSSR count). The van der Waals surface area contributed by atoms with Crippen molar-refractivity contribution in [1.82, 2.24) is 29.0 Å². The third-order valence-electron chi connectivity index (χ3n) is 7.60. The van der Waals surface area contributed by atoms with E-state index in [0.717, 1.165) is 27.9 Å². The van der Waals surface area contributed by atoms with Gasteiger partial charge in [0.15, 0.2) is 5.65 Å². The molecule has 9 heteroatoms. The molecule has 1 aromatic carbocycles. The molecule has 2 aliphatic rings. The molecule has 1 amide bonds. The highest BCUT2D eigenvalue weighted by Gasteiger charge is 2.26. The van der Waals surface area contributed by atoms with Gasteiger partial charge in [-0.15, -0.1) is 0 Å². The fraction of sp³-hybridized carbons (Fsp3) is 0.448. The molecule has 0 spiro atoms. The first kappa shape index (κ1) is 24.5. The molecular weight excluding hydrogens is 480 g/mol. The van der Waals surface area contributed by atoms with Crippen LogP contribution in [0.2, 0.25) is 0 Å². The Morgan fingerprint density at radius 3 is 2.68 bits per heavy atom. The van der Waals surface area contributed by atoms with Gasteiger partial charge in [-0.3, -0.25) is 4.79 Å². The highest BCUT2D eigenvalue weighted by atomic mass is 16.6. The number of fused-ring (bicyclic) bond motifs is 2. The zero-order valence-electron chi connectivity index (χ0n) is 22.2. The summed E-state index contributed by atoms with van der Waals surface area (Å²) in [7, 11) is 0. The van der Waals surface area contributed by atoms with E-state index in [2.05, 4.69) is 32.7 Å². The van der Waals surface area contributed by atoms with Crippen LogP contribution < -0.4 is 5.56 Å². The maximum atomic E-state index is 13.0. The van der Waals surface area contributed by atoms with Gasteiger partial charge < -0.3 is 23.8 Å². The standard InChI is InChI=1S/C29H34N6O3/c1-29(2,3)38-28(37)33-13-11-19(12-14-33)22-16-34(26-25(22)27(36)31-17-30-26)21-9-10-24-23(15-21)32-18-35(24)20-7-5-4-6-8-20/h9-11,15-18,20H,4-8,12-14H2,1-3H3,(H,30,31,36). The number of carbonyl (C=O) groups excluding carboxylic acids is 1. The van der Waals surface area contributed by atoms with Crippen LogP contribution in [0.15, 0.2) is 47.9 Å². The average molecular weight is 515 g/mol. The Hall–Kier alpha value is -3.88. The smallest absolute Gasteiger partial charge is 0.410 e. The van der Waals surface area contributed by atoms with Crippen molar-refractivity contribution in [3.8, 4) is 5.69 Å². The van der Waals surface area contributed by atoms with Gasteiger partial charge in [-0.05, 0) is 63.8 Å². The molecule has 0 radical (unpaired) electrons. The van der Waals surface area contributed by atoms with Gasteiger partial charge in [-0.25, -0.2) is 14.8 Å². The molecule has 0 atom stereocenters. The van der Waals surface area contributed by atoms with Gasteiger partial charge in [0, 0.05) is 36.6 Å². The number of aromatic amines is 1. The normalized spacial score (nSPS) is 17.2. The number of nitrogens with one attached hydrogen (secondary N) is 1. The highest BCUT2D eigenvalue weighted by Crippen LogP contribution is 2.33. The van der Waals surface area contributed by atoms with Gasteiger partial charge in [0.2, 0.25) is 0 Å². The molecule has 0 unspecified atom stereocenters. The number of amides is 1. The summed E-state index contributed by atoms with van der Waals surface area (Å²) in [5.41, 5.74) is 4.73. The predicted molar refractivity (Wildman–Crippen MR) is 148 cm³/mol. The maximum absolute atomic E-state index is 13.0. The lowest BCUT2D eigenvalue weighted by Crippen LogP contribution is -2.39. The first-order chi connectivity index (χ1) is 18.3. The van der Waals surface area contributed by atoms with Crippen molar-refractivity contribution in [2.24, 2.45) is 0 Å². The fourth-order valence-corrected chi connectivity index (χ4v) is 5.74. The summed E-state index contributed by atoms with van der Waals surface area (Å²) in [6.07, 6.45) is 14.0. The molecule has 1 fully saturated rings. The Morgan fingerprint density at radius 1 is 1.13 bits per heavy atom. The number of ether oxygens (including phenoxy) is 1. The van der Waals surface area contributed by atoms with E-state index in [-0.39, 0.29) is 11.7 Å². The molecular formula is C29H34N6O3. The Kier molecular flexibility index (Phi) is 6.08. The van der Waals surface area contributed by atoms with Gasteiger partial charge in [-0.2, -0.15) is 0 Å². The number of H-pyrrole nitrogens is 1. The Bertz CT molecular complexity index is 1600. The number of carbonyl (C=O) groups is 1. The van der Waals surface area contributed by atoms with Crippen LogP contribution in [-0.4, -0.2) is 53.8 Å². The van der Waals surface area contributed by atoms with Crippen molar-refractivity contribution < 1.29 is 9.53 Å². The third-order valence-corrected chi connectivity index (χ3v) is 7.60. The first-order valence-electron chi connectivity index (χ1n) is 13.5. The topological polar surface area (TPSA) is 98.0 Å². The van der Waals surface area contributed by atoms with Crippen molar-refractivity contribution in [2.45, 2.75) is 70.9 Å². The van der Waals surface area contributed by atoms with Crippen molar-refractivity contribution in [3.05, 3.63) is 59.0 Å². The Balaban J connectivity index is 1.35. The van der Waals surface area contributed by atoms with Crippen LogP contribution in [0, 0.1) is 0 Å². The Morgan fingerprint density at radius 2 is 1.95 bits per heavy atom. The van der Waals surface area contributed by atoms with Gasteiger partial charge in [0.1, 0.15) is 5.60 Å². The summed E-state index contributed by atoms with van der Waals surface area (Å²) in [5, 5.41) is 0.553. The Labute approximate surface area is 221 Å². The lowest BCUT2D eigenvalue weighted by atomic mass is 9.95. The number of hydrogen-bond donors (Lipinski definition) is 1. The van der Waals surface area contributed by atoms with Crippen LogP contribution in [0.4, 0.5) is 4.79 Å². The quantitative estimate of drug-likeness (QED) is 0.384. The molecule has 1 saturated carbocycles. The molecule has 1 aliphatic heterocycles. The second-order valence-corrected chi connectivity index (χ2v) is 11.4. The van der Waals surface area contributed by atoms with E-state index in [1.165, 1.54) is 38.4 Å². The minimum absolute atomic E-state index is 0.179. The van der Waals surface area contributed by atoms with E-state index in [1.54, 1.807) is 4.90 Å². The molecule has 1 aliphatic carbocycles. The van der Waals surface area contributed by atoms with E-state index >= 15 is 0 Å². The van der Waals surface area contributed by atoms with Crippen LogP contribution in [-0.2, 0) is 4.74 Å². The monoisotopic (exact) mass is 514 g/mol. The summed E-state index contributed by atoms with van der Waals surface area (Å²) in [5.74, 6) is 0. The van der Waals surface area contributed by atoms with Crippen molar-refractivity contribution in [3.63, 3.8) is 0 Å². The summed E-state index contributed by atoms with van der Waals surface area (Å²) >= 11 is 0.